The van der Waals surface area contributed by atoms with Crippen LogP contribution in [0.3, 0.4) is 0 Å². The van der Waals surface area contributed by atoms with Crippen molar-refractivity contribution in [3.05, 3.63) is 0 Å². The van der Waals surface area contributed by atoms with Crippen LogP contribution < -0.4 is 0 Å². The van der Waals surface area contributed by atoms with Gasteiger partial charge in [-0.05, 0) is 32.1 Å². The van der Waals surface area contributed by atoms with E-state index in [-0.39, 0.29) is 5.41 Å². The van der Waals surface area contributed by atoms with Crippen molar-refractivity contribution in [3.63, 3.8) is 0 Å². The molecule has 1 fully saturated rings. The molecule has 0 aromatic rings. The second kappa shape index (κ2) is 5.90. The Balaban J connectivity index is 2.60. The summed E-state index contributed by atoms with van der Waals surface area (Å²) in [5.41, 5.74) is -0.205. The Morgan fingerprint density at radius 2 is 2.19 bits per heavy atom. The van der Waals surface area contributed by atoms with Gasteiger partial charge in [0.1, 0.15) is 0 Å². The van der Waals surface area contributed by atoms with E-state index >= 15 is 0 Å². The lowest BCUT2D eigenvalue weighted by Crippen LogP contribution is -2.43. The highest BCUT2D eigenvalue weighted by Crippen LogP contribution is 2.29. The summed E-state index contributed by atoms with van der Waals surface area (Å²) in [5, 5.41) is 0. The Bertz CT molecular complexity index is 240. The van der Waals surface area contributed by atoms with Gasteiger partial charge in [0.25, 0.3) is 0 Å². The molecular formula is C13H24ClNO. The van der Waals surface area contributed by atoms with Crippen molar-refractivity contribution in [2.75, 3.05) is 12.4 Å². The monoisotopic (exact) mass is 245 g/mol. The zero-order chi connectivity index (χ0) is 12.2. The number of amides is 1. The summed E-state index contributed by atoms with van der Waals surface area (Å²) in [6, 6.07) is 0.442. The fourth-order valence-electron chi connectivity index (χ4n) is 2.26. The zero-order valence-corrected chi connectivity index (χ0v) is 11.5. The van der Waals surface area contributed by atoms with Gasteiger partial charge in [-0.15, -0.1) is 11.6 Å². The van der Waals surface area contributed by atoms with Gasteiger partial charge in [0.2, 0.25) is 5.91 Å². The third-order valence-corrected chi connectivity index (χ3v) is 4.04. The Kier molecular flexibility index (Phi) is 5.10. The van der Waals surface area contributed by atoms with Crippen LogP contribution in [0.5, 0.6) is 0 Å². The van der Waals surface area contributed by atoms with E-state index in [1.54, 1.807) is 0 Å². The second-order valence-electron chi connectivity index (χ2n) is 5.36. The number of likely N-dealkylation sites (tertiary alicyclic amines) is 1. The van der Waals surface area contributed by atoms with Crippen molar-refractivity contribution in [1.82, 2.24) is 4.90 Å². The van der Waals surface area contributed by atoms with E-state index in [1.165, 1.54) is 0 Å². The maximum absolute atomic E-state index is 12.4. The van der Waals surface area contributed by atoms with Crippen LogP contribution in [0.1, 0.15) is 52.9 Å². The van der Waals surface area contributed by atoms with Crippen LogP contribution in [0.15, 0.2) is 0 Å². The smallest absolute Gasteiger partial charge is 0.228 e. The average molecular weight is 246 g/mol. The first-order chi connectivity index (χ1) is 7.53. The van der Waals surface area contributed by atoms with E-state index in [0.717, 1.165) is 38.6 Å². The highest BCUT2D eigenvalue weighted by Gasteiger charge is 2.36. The van der Waals surface area contributed by atoms with Gasteiger partial charge in [0.15, 0.2) is 0 Å². The Hall–Kier alpha value is -0.240. The molecule has 0 N–H and O–H groups in total. The standard InChI is InChI=1S/C13H24ClNO/c1-4-13(2,3)12(16)15-10-6-8-11(15)7-5-9-14/h11H,4-10H2,1-3H3. The predicted molar refractivity (Wildman–Crippen MR) is 68.8 cm³/mol. The Labute approximate surface area is 104 Å². The van der Waals surface area contributed by atoms with Crippen LogP contribution in [0.2, 0.25) is 0 Å². The summed E-state index contributed by atoms with van der Waals surface area (Å²) >= 11 is 5.72. The fraction of sp³-hybridized carbons (Fsp3) is 0.923. The van der Waals surface area contributed by atoms with E-state index in [4.69, 9.17) is 11.6 Å². The number of carbonyl (C=O) groups excluding carboxylic acids is 1. The van der Waals surface area contributed by atoms with Gasteiger partial charge in [-0.25, -0.2) is 0 Å². The third kappa shape index (κ3) is 3.13. The molecule has 1 aliphatic rings. The number of hydrogen-bond donors (Lipinski definition) is 0. The summed E-state index contributed by atoms with van der Waals surface area (Å²) in [4.78, 5) is 14.5. The molecule has 0 radical (unpaired) electrons. The van der Waals surface area contributed by atoms with Gasteiger partial charge in [-0.3, -0.25) is 4.79 Å². The lowest BCUT2D eigenvalue weighted by atomic mass is 9.88. The van der Waals surface area contributed by atoms with Gasteiger partial charge in [0.05, 0.1) is 0 Å². The Morgan fingerprint density at radius 3 is 2.75 bits per heavy atom. The Morgan fingerprint density at radius 1 is 1.50 bits per heavy atom. The van der Waals surface area contributed by atoms with Gasteiger partial charge >= 0.3 is 0 Å². The summed E-state index contributed by atoms with van der Waals surface area (Å²) < 4.78 is 0. The molecule has 1 heterocycles. The second-order valence-corrected chi connectivity index (χ2v) is 5.74. The van der Waals surface area contributed by atoms with Crippen LogP contribution in [0.25, 0.3) is 0 Å². The molecule has 1 amide bonds. The molecule has 2 nitrogen and oxygen atoms in total. The van der Waals surface area contributed by atoms with E-state index in [0.29, 0.717) is 17.8 Å². The van der Waals surface area contributed by atoms with Gasteiger partial charge < -0.3 is 4.90 Å². The minimum atomic E-state index is -0.205. The van der Waals surface area contributed by atoms with E-state index < -0.39 is 0 Å². The third-order valence-electron chi connectivity index (χ3n) is 3.77. The lowest BCUT2D eigenvalue weighted by molar-refractivity contribution is -0.141. The first kappa shape index (κ1) is 13.8. The normalized spacial score (nSPS) is 21.5. The maximum atomic E-state index is 12.4. The van der Waals surface area contributed by atoms with Crippen molar-refractivity contribution in [3.8, 4) is 0 Å². The highest BCUT2D eigenvalue weighted by atomic mass is 35.5. The van der Waals surface area contributed by atoms with Crippen LogP contribution in [-0.2, 0) is 4.79 Å². The summed E-state index contributed by atoms with van der Waals surface area (Å²) in [6.07, 6.45) is 5.29. The molecule has 94 valence electrons. The van der Waals surface area contributed by atoms with E-state index in [9.17, 15) is 4.79 Å². The van der Waals surface area contributed by atoms with E-state index in [2.05, 4.69) is 11.8 Å². The number of halogens is 1. The molecule has 16 heavy (non-hydrogen) atoms. The van der Waals surface area contributed by atoms with Crippen LogP contribution in [0.4, 0.5) is 0 Å². The number of hydrogen-bond acceptors (Lipinski definition) is 1. The van der Waals surface area contributed by atoms with Crippen molar-refractivity contribution in [2.45, 2.75) is 58.9 Å². The predicted octanol–water partition coefficient (Wildman–Crippen LogP) is 3.43. The first-order valence-corrected chi connectivity index (χ1v) is 6.93. The van der Waals surface area contributed by atoms with E-state index in [1.807, 2.05) is 13.8 Å². The summed E-state index contributed by atoms with van der Waals surface area (Å²) in [5.74, 6) is 1.03. The van der Waals surface area contributed by atoms with Gasteiger partial charge in [-0.1, -0.05) is 20.8 Å². The highest BCUT2D eigenvalue weighted by molar-refractivity contribution is 6.17. The number of alkyl halides is 1. The molecule has 0 saturated carbocycles. The van der Waals surface area contributed by atoms with Gasteiger partial charge in [-0.2, -0.15) is 0 Å². The van der Waals surface area contributed by atoms with Crippen molar-refractivity contribution >= 4 is 17.5 Å². The largest absolute Gasteiger partial charge is 0.339 e. The number of nitrogens with zero attached hydrogens (tertiary/aromatic N) is 1. The average Bonchev–Trinajstić information content (AvgIpc) is 2.73. The van der Waals surface area contributed by atoms with Crippen molar-refractivity contribution < 1.29 is 4.79 Å². The maximum Gasteiger partial charge on any atom is 0.228 e. The molecule has 0 bridgehead atoms. The molecule has 0 spiro atoms. The molecule has 0 aliphatic carbocycles. The minimum absolute atomic E-state index is 0.205. The lowest BCUT2D eigenvalue weighted by Gasteiger charge is -2.32. The number of carbonyl (C=O) groups is 1. The van der Waals surface area contributed by atoms with Crippen LogP contribution in [0, 0.1) is 5.41 Å². The topological polar surface area (TPSA) is 20.3 Å². The molecule has 0 aromatic carbocycles. The molecule has 1 rings (SSSR count). The fourth-order valence-corrected chi connectivity index (χ4v) is 2.41. The molecule has 1 saturated heterocycles. The molecule has 1 atom stereocenters. The quantitative estimate of drug-likeness (QED) is 0.680. The molecule has 3 heteroatoms. The SMILES string of the molecule is CCC(C)(C)C(=O)N1CCCC1CCCCl. The van der Waals surface area contributed by atoms with Gasteiger partial charge in [0, 0.05) is 23.9 Å². The molecule has 1 unspecified atom stereocenters. The van der Waals surface area contributed by atoms with Crippen LogP contribution >= 0.6 is 11.6 Å². The molecular weight excluding hydrogens is 222 g/mol. The summed E-state index contributed by atoms with van der Waals surface area (Å²) in [7, 11) is 0. The van der Waals surface area contributed by atoms with Crippen LogP contribution in [-0.4, -0.2) is 29.3 Å². The molecule has 1 aliphatic heterocycles. The van der Waals surface area contributed by atoms with Crippen molar-refractivity contribution in [2.24, 2.45) is 5.41 Å². The molecule has 0 aromatic heterocycles. The summed E-state index contributed by atoms with van der Waals surface area (Å²) in [6.45, 7) is 7.12. The zero-order valence-electron chi connectivity index (χ0n) is 10.8. The van der Waals surface area contributed by atoms with Crippen molar-refractivity contribution in [1.29, 1.82) is 0 Å². The minimum Gasteiger partial charge on any atom is -0.339 e. The number of rotatable bonds is 5. The first-order valence-electron chi connectivity index (χ1n) is 6.40.